The van der Waals surface area contributed by atoms with Crippen LogP contribution in [0.15, 0.2) is 0 Å². The Labute approximate surface area is 166 Å². The smallest absolute Gasteiger partial charge is 0.303 e. The molecule has 0 fully saturated rings. The standard InChI is InChI=1S/C20H43O4PS/c1-2-3-4-5-6-7-8-9-10-11-12-13-14-16-19-26-20-17-15-18-24-25(21,22)23/h2-20H2,1H3,(H2,21,22,23). The van der Waals surface area contributed by atoms with Gasteiger partial charge < -0.3 is 9.79 Å². The van der Waals surface area contributed by atoms with E-state index in [1.54, 1.807) is 0 Å². The van der Waals surface area contributed by atoms with Gasteiger partial charge in [-0.2, -0.15) is 11.8 Å². The first-order valence-electron chi connectivity index (χ1n) is 10.8. The molecule has 0 saturated heterocycles. The Morgan fingerprint density at radius 3 is 1.46 bits per heavy atom. The van der Waals surface area contributed by atoms with E-state index >= 15 is 0 Å². The summed E-state index contributed by atoms with van der Waals surface area (Å²) >= 11 is 1.95. The van der Waals surface area contributed by atoms with Crippen LogP contribution >= 0.6 is 19.6 Å². The maximum atomic E-state index is 10.5. The van der Waals surface area contributed by atoms with E-state index in [0.717, 1.165) is 18.6 Å². The number of unbranched alkanes of at least 4 members (excludes halogenated alkanes) is 14. The van der Waals surface area contributed by atoms with E-state index < -0.39 is 7.82 Å². The van der Waals surface area contributed by atoms with Gasteiger partial charge in [0.1, 0.15) is 0 Å². The second-order valence-corrected chi connectivity index (χ2v) is 9.70. The topological polar surface area (TPSA) is 66.8 Å². The van der Waals surface area contributed by atoms with Crippen molar-refractivity contribution in [2.75, 3.05) is 18.1 Å². The Morgan fingerprint density at radius 1 is 0.654 bits per heavy atom. The van der Waals surface area contributed by atoms with Crippen molar-refractivity contribution >= 4 is 19.6 Å². The van der Waals surface area contributed by atoms with E-state index in [-0.39, 0.29) is 6.61 Å². The molecule has 0 unspecified atom stereocenters. The molecule has 0 aromatic rings. The van der Waals surface area contributed by atoms with Gasteiger partial charge in [0, 0.05) is 0 Å². The maximum Gasteiger partial charge on any atom is 0.469 e. The third-order valence-electron chi connectivity index (χ3n) is 4.58. The average Bonchev–Trinajstić information content (AvgIpc) is 2.59. The molecule has 0 aliphatic carbocycles. The molecule has 0 aromatic heterocycles. The molecule has 0 heterocycles. The fourth-order valence-electron chi connectivity index (χ4n) is 2.99. The fraction of sp³-hybridized carbons (Fsp3) is 1.00. The van der Waals surface area contributed by atoms with Crippen LogP contribution in [0.4, 0.5) is 0 Å². The molecule has 0 rings (SSSR count). The quantitative estimate of drug-likeness (QED) is 0.156. The van der Waals surface area contributed by atoms with E-state index in [9.17, 15) is 4.57 Å². The first-order valence-corrected chi connectivity index (χ1v) is 13.5. The molecule has 4 nitrogen and oxygen atoms in total. The van der Waals surface area contributed by atoms with Crippen molar-refractivity contribution in [2.24, 2.45) is 0 Å². The number of phosphoric acid groups is 1. The number of rotatable bonds is 21. The van der Waals surface area contributed by atoms with Crippen LogP contribution in [-0.2, 0) is 9.09 Å². The molecule has 0 aromatic carbocycles. The van der Waals surface area contributed by atoms with Crippen molar-refractivity contribution in [2.45, 2.75) is 110 Å². The van der Waals surface area contributed by atoms with Gasteiger partial charge in [-0.05, 0) is 30.8 Å². The lowest BCUT2D eigenvalue weighted by atomic mass is 10.0. The highest BCUT2D eigenvalue weighted by atomic mass is 32.2. The Bertz CT molecular complexity index is 323. The van der Waals surface area contributed by atoms with Gasteiger partial charge in [-0.1, -0.05) is 90.4 Å². The molecule has 6 heteroatoms. The zero-order valence-electron chi connectivity index (χ0n) is 17.0. The summed E-state index contributed by atoms with van der Waals surface area (Å²) in [5, 5.41) is 0. The van der Waals surface area contributed by atoms with Gasteiger partial charge in [-0.3, -0.25) is 4.52 Å². The van der Waals surface area contributed by atoms with Crippen LogP contribution in [0.1, 0.15) is 110 Å². The molecule has 0 saturated carbocycles. The Morgan fingerprint density at radius 2 is 1.04 bits per heavy atom. The molecule has 158 valence electrons. The van der Waals surface area contributed by atoms with Gasteiger partial charge in [0.2, 0.25) is 0 Å². The lowest BCUT2D eigenvalue weighted by Crippen LogP contribution is -1.93. The van der Waals surface area contributed by atoms with Crippen LogP contribution in [0.5, 0.6) is 0 Å². The van der Waals surface area contributed by atoms with Gasteiger partial charge >= 0.3 is 7.82 Å². The van der Waals surface area contributed by atoms with Crippen LogP contribution in [0.25, 0.3) is 0 Å². The summed E-state index contributed by atoms with van der Waals surface area (Å²) < 4.78 is 14.9. The second kappa shape index (κ2) is 20.2. The predicted octanol–water partition coefficient (Wildman–Crippen LogP) is 7.09. The van der Waals surface area contributed by atoms with Gasteiger partial charge in [-0.15, -0.1) is 0 Å². The molecule has 0 amide bonds. The monoisotopic (exact) mass is 410 g/mol. The summed E-state index contributed by atoms with van der Waals surface area (Å²) in [6, 6.07) is 0. The van der Waals surface area contributed by atoms with Crippen molar-refractivity contribution in [3.63, 3.8) is 0 Å². The van der Waals surface area contributed by atoms with Crippen molar-refractivity contribution in [1.82, 2.24) is 0 Å². The SMILES string of the molecule is CCCCCCCCCCCCCCCCSCCCCOP(=O)(O)O. The minimum Gasteiger partial charge on any atom is -0.303 e. The lowest BCUT2D eigenvalue weighted by Gasteiger charge is -2.05. The Balaban J connectivity index is 3.02. The normalized spacial score (nSPS) is 12.0. The molecule has 0 aliphatic heterocycles. The molecular weight excluding hydrogens is 367 g/mol. The van der Waals surface area contributed by atoms with Crippen molar-refractivity contribution < 1.29 is 18.9 Å². The molecule has 0 bridgehead atoms. The predicted molar refractivity (Wildman–Crippen MR) is 115 cm³/mol. The summed E-state index contributed by atoms with van der Waals surface area (Å²) in [4.78, 5) is 17.1. The number of hydrogen-bond donors (Lipinski definition) is 2. The lowest BCUT2D eigenvalue weighted by molar-refractivity contribution is 0.195. The summed E-state index contributed by atoms with van der Waals surface area (Å²) in [5.41, 5.74) is 0. The van der Waals surface area contributed by atoms with E-state index in [4.69, 9.17) is 9.79 Å². The first kappa shape index (κ1) is 26.5. The van der Waals surface area contributed by atoms with Crippen molar-refractivity contribution in [1.29, 1.82) is 0 Å². The number of thioether (sulfide) groups is 1. The highest BCUT2D eigenvalue weighted by molar-refractivity contribution is 7.99. The molecule has 26 heavy (non-hydrogen) atoms. The van der Waals surface area contributed by atoms with E-state index in [0.29, 0.717) is 0 Å². The molecule has 0 aliphatic rings. The van der Waals surface area contributed by atoms with Crippen LogP contribution in [-0.4, -0.2) is 27.9 Å². The van der Waals surface area contributed by atoms with Crippen LogP contribution in [0.3, 0.4) is 0 Å². The van der Waals surface area contributed by atoms with E-state index in [1.165, 1.54) is 95.6 Å². The average molecular weight is 411 g/mol. The zero-order chi connectivity index (χ0) is 19.3. The van der Waals surface area contributed by atoms with Gasteiger partial charge in [0.15, 0.2) is 0 Å². The summed E-state index contributed by atoms with van der Waals surface area (Å²) in [6.07, 6.45) is 21.2. The molecule has 2 N–H and O–H groups in total. The van der Waals surface area contributed by atoms with Crippen LogP contribution < -0.4 is 0 Å². The molecular formula is C20H43O4PS. The van der Waals surface area contributed by atoms with Crippen LogP contribution in [0, 0.1) is 0 Å². The second-order valence-electron chi connectivity index (χ2n) is 7.24. The summed E-state index contributed by atoms with van der Waals surface area (Å²) in [6.45, 7) is 2.43. The largest absolute Gasteiger partial charge is 0.469 e. The van der Waals surface area contributed by atoms with Gasteiger partial charge in [0.05, 0.1) is 6.61 Å². The van der Waals surface area contributed by atoms with Crippen molar-refractivity contribution in [3.8, 4) is 0 Å². The zero-order valence-corrected chi connectivity index (χ0v) is 18.7. The Hall–Kier alpha value is 0.460. The number of hydrogen-bond acceptors (Lipinski definition) is 3. The van der Waals surface area contributed by atoms with Crippen molar-refractivity contribution in [3.05, 3.63) is 0 Å². The minimum atomic E-state index is -4.27. The van der Waals surface area contributed by atoms with E-state index in [2.05, 4.69) is 11.4 Å². The minimum absolute atomic E-state index is 0.156. The third-order valence-corrected chi connectivity index (χ3v) is 6.26. The van der Waals surface area contributed by atoms with Crippen LogP contribution in [0.2, 0.25) is 0 Å². The highest BCUT2D eigenvalue weighted by Crippen LogP contribution is 2.35. The highest BCUT2D eigenvalue weighted by Gasteiger charge is 2.12. The molecule has 0 atom stereocenters. The first-order chi connectivity index (χ1) is 12.6. The van der Waals surface area contributed by atoms with E-state index in [1.807, 2.05) is 11.8 Å². The molecule has 0 radical (unpaired) electrons. The third kappa shape index (κ3) is 24.5. The summed E-state index contributed by atoms with van der Waals surface area (Å²) in [5.74, 6) is 2.26. The van der Waals surface area contributed by atoms with Gasteiger partial charge in [-0.25, -0.2) is 4.57 Å². The number of phosphoric ester groups is 1. The molecule has 0 spiro atoms. The fourth-order valence-corrected chi connectivity index (χ4v) is 4.38. The maximum absolute atomic E-state index is 10.5. The van der Waals surface area contributed by atoms with Gasteiger partial charge in [0.25, 0.3) is 0 Å². The summed E-state index contributed by atoms with van der Waals surface area (Å²) in [7, 11) is -4.27. The Kier molecular flexibility index (Phi) is 20.6.